The molecule has 8 nitrogen and oxygen atoms in total. The van der Waals surface area contributed by atoms with Gasteiger partial charge in [0.15, 0.2) is 11.6 Å². The summed E-state index contributed by atoms with van der Waals surface area (Å²) in [5.74, 6) is 1.21. The van der Waals surface area contributed by atoms with E-state index in [9.17, 15) is 0 Å². The van der Waals surface area contributed by atoms with Crippen LogP contribution in [-0.4, -0.2) is 45.5 Å². The van der Waals surface area contributed by atoms with Gasteiger partial charge in [-0.1, -0.05) is 24.3 Å². The SMILES string of the molecule is C=CCN(/N=C/c1ccccn1)c1cc(N(CC=C)/N=C/c2ccccn2)ncn1. The van der Waals surface area contributed by atoms with Gasteiger partial charge in [-0.3, -0.25) is 9.97 Å². The topological polar surface area (TPSA) is 82.8 Å². The van der Waals surface area contributed by atoms with E-state index < -0.39 is 0 Å². The lowest BCUT2D eigenvalue weighted by Crippen LogP contribution is -2.21. The average Bonchev–Trinajstić information content (AvgIpc) is 2.81. The van der Waals surface area contributed by atoms with E-state index in [4.69, 9.17) is 0 Å². The Hall–Kier alpha value is -4.20. The first-order valence-corrected chi connectivity index (χ1v) is 9.29. The van der Waals surface area contributed by atoms with Gasteiger partial charge >= 0.3 is 0 Å². The van der Waals surface area contributed by atoms with Gasteiger partial charge in [0.05, 0.1) is 36.9 Å². The van der Waals surface area contributed by atoms with Crippen molar-refractivity contribution in [1.82, 2.24) is 19.9 Å². The predicted molar refractivity (Wildman–Crippen MR) is 121 cm³/mol. The molecule has 0 N–H and O–H groups in total. The van der Waals surface area contributed by atoms with Crippen molar-refractivity contribution in [2.75, 3.05) is 23.1 Å². The van der Waals surface area contributed by atoms with E-state index in [1.165, 1.54) is 6.33 Å². The minimum Gasteiger partial charge on any atom is -0.255 e. The number of hydrogen-bond donors (Lipinski definition) is 0. The van der Waals surface area contributed by atoms with Gasteiger partial charge in [-0.2, -0.15) is 10.2 Å². The Morgan fingerprint density at radius 2 is 1.23 bits per heavy atom. The summed E-state index contributed by atoms with van der Waals surface area (Å²) in [5.41, 5.74) is 1.49. The summed E-state index contributed by atoms with van der Waals surface area (Å²) in [4.78, 5) is 17.2. The molecular weight excluding hydrogens is 376 g/mol. The van der Waals surface area contributed by atoms with Crippen LogP contribution < -0.4 is 10.0 Å². The van der Waals surface area contributed by atoms with Crippen molar-refractivity contribution in [3.63, 3.8) is 0 Å². The highest BCUT2D eigenvalue weighted by molar-refractivity contribution is 5.78. The Morgan fingerprint density at radius 3 is 1.63 bits per heavy atom. The number of nitrogens with zero attached hydrogens (tertiary/aromatic N) is 8. The zero-order valence-corrected chi connectivity index (χ0v) is 16.5. The van der Waals surface area contributed by atoms with Gasteiger partial charge in [0.25, 0.3) is 0 Å². The van der Waals surface area contributed by atoms with Crippen molar-refractivity contribution in [3.05, 3.63) is 97.9 Å². The van der Waals surface area contributed by atoms with Gasteiger partial charge in [0, 0.05) is 18.5 Å². The van der Waals surface area contributed by atoms with E-state index in [0.717, 1.165) is 11.4 Å². The fourth-order valence-corrected chi connectivity index (χ4v) is 2.43. The first kappa shape index (κ1) is 20.5. The molecule has 3 rings (SSSR count). The Labute approximate surface area is 175 Å². The summed E-state index contributed by atoms with van der Waals surface area (Å²) in [5, 5.41) is 12.4. The molecule has 3 aromatic heterocycles. The second-order valence-corrected chi connectivity index (χ2v) is 5.97. The highest BCUT2D eigenvalue weighted by atomic mass is 15.5. The maximum absolute atomic E-state index is 4.49. The number of anilines is 2. The van der Waals surface area contributed by atoms with Crippen LogP contribution in [0.1, 0.15) is 11.4 Å². The third-order valence-corrected chi connectivity index (χ3v) is 3.81. The lowest BCUT2D eigenvalue weighted by molar-refractivity contribution is 0.877. The van der Waals surface area contributed by atoms with Crippen LogP contribution in [0, 0.1) is 0 Å². The molecule has 0 amide bonds. The Kier molecular flexibility index (Phi) is 7.50. The van der Waals surface area contributed by atoms with Crippen LogP contribution in [0.5, 0.6) is 0 Å². The van der Waals surface area contributed by atoms with Crippen LogP contribution in [0.25, 0.3) is 0 Å². The molecule has 0 bridgehead atoms. The molecule has 0 atom stereocenters. The summed E-state index contributed by atoms with van der Waals surface area (Å²) < 4.78 is 0. The highest BCUT2D eigenvalue weighted by Crippen LogP contribution is 2.18. The monoisotopic (exact) mass is 398 g/mol. The normalized spacial score (nSPS) is 10.9. The molecule has 150 valence electrons. The van der Waals surface area contributed by atoms with Crippen molar-refractivity contribution in [1.29, 1.82) is 0 Å². The van der Waals surface area contributed by atoms with Gasteiger partial charge in [-0.25, -0.2) is 20.0 Å². The third-order valence-electron chi connectivity index (χ3n) is 3.81. The zero-order chi connectivity index (χ0) is 21.0. The van der Waals surface area contributed by atoms with Gasteiger partial charge in [0.1, 0.15) is 6.33 Å². The van der Waals surface area contributed by atoms with Crippen LogP contribution in [0.4, 0.5) is 11.6 Å². The maximum Gasteiger partial charge on any atom is 0.154 e. The molecule has 8 heteroatoms. The fraction of sp³-hybridized carbons (Fsp3) is 0.0909. The van der Waals surface area contributed by atoms with Gasteiger partial charge < -0.3 is 0 Å². The maximum atomic E-state index is 4.49. The van der Waals surface area contributed by atoms with Crippen molar-refractivity contribution in [3.8, 4) is 0 Å². The van der Waals surface area contributed by atoms with Crippen molar-refractivity contribution in [2.45, 2.75) is 0 Å². The number of rotatable bonds is 10. The van der Waals surface area contributed by atoms with Crippen molar-refractivity contribution >= 4 is 24.1 Å². The van der Waals surface area contributed by atoms with Crippen LogP contribution in [0.3, 0.4) is 0 Å². The summed E-state index contributed by atoms with van der Waals surface area (Å²) in [6.07, 6.45) is 11.8. The standard InChI is InChI=1S/C22H22N8/c1-3-13-29(27-16-19-9-5-7-11-23-19)21-15-22(26-18-25-21)30(14-4-2)28-17-20-10-6-8-12-24-20/h3-12,15-18H,1-2,13-14H2/b27-16+,28-17+. The largest absolute Gasteiger partial charge is 0.255 e. The predicted octanol–water partition coefficient (Wildman–Crippen LogP) is 3.32. The minimum atomic E-state index is 0.471. The molecule has 0 aliphatic rings. The van der Waals surface area contributed by atoms with Gasteiger partial charge in [-0.05, 0) is 24.3 Å². The van der Waals surface area contributed by atoms with Crippen molar-refractivity contribution < 1.29 is 0 Å². The first-order valence-electron chi connectivity index (χ1n) is 9.29. The molecule has 3 heterocycles. The van der Waals surface area contributed by atoms with Crippen LogP contribution >= 0.6 is 0 Å². The Balaban J connectivity index is 1.85. The molecule has 0 aliphatic heterocycles. The first-order chi connectivity index (χ1) is 14.8. The summed E-state index contributed by atoms with van der Waals surface area (Å²) in [6, 6.07) is 13.1. The van der Waals surface area contributed by atoms with E-state index >= 15 is 0 Å². The molecule has 0 aliphatic carbocycles. The van der Waals surface area contributed by atoms with E-state index in [-0.39, 0.29) is 0 Å². The quantitative estimate of drug-likeness (QED) is 0.296. The van der Waals surface area contributed by atoms with E-state index in [1.54, 1.807) is 53.1 Å². The van der Waals surface area contributed by atoms with Gasteiger partial charge in [-0.15, -0.1) is 13.2 Å². The second kappa shape index (κ2) is 11.0. The molecule has 3 aromatic rings. The summed E-state index contributed by atoms with van der Waals surface area (Å²) in [7, 11) is 0. The Bertz CT molecular complexity index is 923. The van der Waals surface area contributed by atoms with E-state index in [2.05, 4.69) is 43.3 Å². The smallest absolute Gasteiger partial charge is 0.154 e. The molecule has 0 radical (unpaired) electrons. The summed E-state index contributed by atoms with van der Waals surface area (Å²) in [6.45, 7) is 8.55. The molecule has 0 saturated carbocycles. The number of pyridine rings is 2. The second-order valence-electron chi connectivity index (χ2n) is 5.97. The molecule has 0 unspecified atom stereocenters. The molecule has 0 spiro atoms. The number of hydrazone groups is 2. The molecular formula is C22H22N8. The van der Waals surface area contributed by atoms with Crippen LogP contribution in [0.15, 0.2) is 96.7 Å². The lowest BCUT2D eigenvalue weighted by atomic mass is 10.4. The van der Waals surface area contributed by atoms with E-state index in [0.29, 0.717) is 24.7 Å². The molecule has 0 saturated heterocycles. The third kappa shape index (κ3) is 5.90. The van der Waals surface area contributed by atoms with Crippen LogP contribution in [-0.2, 0) is 0 Å². The molecule has 0 fully saturated rings. The number of hydrogen-bond acceptors (Lipinski definition) is 8. The van der Waals surface area contributed by atoms with Gasteiger partial charge in [0.2, 0.25) is 0 Å². The molecule has 0 aromatic carbocycles. The minimum absolute atomic E-state index is 0.471. The summed E-state index contributed by atoms with van der Waals surface area (Å²) >= 11 is 0. The number of aromatic nitrogens is 4. The molecule has 30 heavy (non-hydrogen) atoms. The van der Waals surface area contributed by atoms with Crippen molar-refractivity contribution in [2.24, 2.45) is 10.2 Å². The Morgan fingerprint density at radius 1 is 0.733 bits per heavy atom. The zero-order valence-electron chi connectivity index (χ0n) is 16.5. The lowest BCUT2D eigenvalue weighted by Gasteiger charge is -2.19. The average molecular weight is 398 g/mol. The van der Waals surface area contributed by atoms with Crippen LogP contribution in [0.2, 0.25) is 0 Å². The fourth-order valence-electron chi connectivity index (χ4n) is 2.43. The highest BCUT2D eigenvalue weighted by Gasteiger charge is 2.10. The van der Waals surface area contributed by atoms with E-state index in [1.807, 2.05) is 36.4 Å².